The largest absolute Gasteiger partial charge is 0.481 e. The minimum absolute atomic E-state index is 0.100. The Labute approximate surface area is 91.0 Å². The van der Waals surface area contributed by atoms with Gasteiger partial charge in [-0.25, -0.2) is 0 Å². The summed E-state index contributed by atoms with van der Waals surface area (Å²) >= 11 is 0. The van der Waals surface area contributed by atoms with E-state index in [1.165, 1.54) is 0 Å². The van der Waals surface area contributed by atoms with E-state index in [0.717, 1.165) is 11.8 Å². The molecule has 1 atom stereocenters. The van der Waals surface area contributed by atoms with Crippen LogP contribution in [0.15, 0.2) is 0 Å². The minimum atomic E-state index is -4.57. The van der Waals surface area contributed by atoms with E-state index in [1.54, 1.807) is 0 Å². The first-order valence-corrected chi connectivity index (χ1v) is 4.89. The van der Waals surface area contributed by atoms with Crippen LogP contribution in [0.5, 0.6) is 0 Å². The monoisotopic (exact) mass is 241 g/mol. The van der Waals surface area contributed by atoms with Crippen LogP contribution >= 0.6 is 0 Å². The number of morpholine rings is 1. The molecule has 0 amide bonds. The number of rotatable bonds is 3. The summed E-state index contributed by atoms with van der Waals surface area (Å²) in [7, 11) is 0. The molecule has 0 bridgehead atoms. The molecule has 0 aliphatic carbocycles. The minimum Gasteiger partial charge on any atom is -0.481 e. The van der Waals surface area contributed by atoms with Gasteiger partial charge in [-0.3, -0.25) is 9.69 Å². The van der Waals surface area contributed by atoms with Crippen molar-refractivity contribution in [3.05, 3.63) is 0 Å². The van der Waals surface area contributed by atoms with Gasteiger partial charge in [0, 0.05) is 13.1 Å². The van der Waals surface area contributed by atoms with E-state index in [4.69, 9.17) is 9.84 Å². The molecule has 1 heterocycles. The summed E-state index contributed by atoms with van der Waals surface area (Å²) in [5.41, 5.74) is -2.32. The molecular formula is C9H14F3NO3. The number of hydrogen-bond acceptors (Lipinski definition) is 3. The van der Waals surface area contributed by atoms with Gasteiger partial charge in [0.25, 0.3) is 0 Å². The molecule has 1 unspecified atom stereocenters. The third kappa shape index (κ3) is 2.65. The number of carboxylic acids is 1. The zero-order valence-corrected chi connectivity index (χ0v) is 8.88. The molecule has 0 aromatic heterocycles. The summed E-state index contributed by atoms with van der Waals surface area (Å²) in [6, 6.07) is 0. The molecule has 1 aliphatic rings. The highest BCUT2D eigenvalue weighted by molar-refractivity contribution is 5.68. The van der Waals surface area contributed by atoms with Gasteiger partial charge in [0.1, 0.15) is 5.54 Å². The highest BCUT2D eigenvalue weighted by Gasteiger charge is 2.56. The maximum Gasteiger partial charge on any atom is 0.407 e. The van der Waals surface area contributed by atoms with Crippen molar-refractivity contribution in [2.24, 2.45) is 0 Å². The smallest absolute Gasteiger partial charge is 0.407 e. The molecule has 4 nitrogen and oxygen atoms in total. The average molecular weight is 241 g/mol. The Balaban J connectivity index is 2.88. The van der Waals surface area contributed by atoms with Crippen LogP contribution in [0.2, 0.25) is 0 Å². The van der Waals surface area contributed by atoms with Gasteiger partial charge in [-0.1, -0.05) is 0 Å². The quantitative estimate of drug-likeness (QED) is 0.804. The predicted molar refractivity (Wildman–Crippen MR) is 49.1 cm³/mol. The molecule has 0 radical (unpaired) electrons. The Morgan fingerprint density at radius 3 is 2.25 bits per heavy atom. The molecule has 0 aromatic rings. The van der Waals surface area contributed by atoms with Crippen molar-refractivity contribution in [1.29, 1.82) is 0 Å². The van der Waals surface area contributed by atoms with Crippen molar-refractivity contribution in [3.8, 4) is 0 Å². The SMILES string of the molecule is CC(CC(=O)O)(N1CCOCC1)C(F)(F)F. The first-order valence-electron chi connectivity index (χ1n) is 4.89. The molecule has 1 saturated heterocycles. The Kier molecular flexibility index (Phi) is 3.80. The topological polar surface area (TPSA) is 49.8 Å². The van der Waals surface area contributed by atoms with Gasteiger partial charge in [-0.15, -0.1) is 0 Å². The number of nitrogens with zero attached hydrogens (tertiary/aromatic N) is 1. The van der Waals surface area contributed by atoms with Crippen LogP contribution in [0.25, 0.3) is 0 Å². The molecule has 1 fully saturated rings. The van der Waals surface area contributed by atoms with Crippen LogP contribution in [0.1, 0.15) is 13.3 Å². The zero-order valence-electron chi connectivity index (χ0n) is 8.88. The first kappa shape index (κ1) is 13.2. The Bertz CT molecular complexity index is 263. The van der Waals surface area contributed by atoms with Gasteiger partial charge >= 0.3 is 12.1 Å². The van der Waals surface area contributed by atoms with Crippen molar-refractivity contribution in [2.45, 2.75) is 25.1 Å². The molecule has 7 heteroatoms. The summed E-state index contributed by atoms with van der Waals surface area (Å²) in [6.45, 7) is 1.52. The standard InChI is InChI=1S/C9H14F3NO3/c1-8(6-7(14)15,9(10,11)12)13-2-4-16-5-3-13/h2-6H2,1H3,(H,14,15). The fraction of sp³-hybridized carbons (Fsp3) is 0.889. The van der Waals surface area contributed by atoms with E-state index in [0.29, 0.717) is 0 Å². The molecule has 1 aliphatic heterocycles. The van der Waals surface area contributed by atoms with Gasteiger partial charge in [-0.05, 0) is 6.92 Å². The van der Waals surface area contributed by atoms with Gasteiger partial charge in [-0.2, -0.15) is 13.2 Å². The molecule has 16 heavy (non-hydrogen) atoms. The summed E-state index contributed by atoms with van der Waals surface area (Å²) in [4.78, 5) is 11.7. The van der Waals surface area contributed by atoms with Crippen LogP contribution in [0, 0.1) is 0 Å². The number of alkyl halides is 3. The lowest BCUT2D eigenvalue weighted by molar-refractivity contribution is -0.238. The van der Waals surface area contributed by atoms with E-state index in [2.05, 4.69) is 0 Å². The molecule has 0 saturated carbocycles. The van der Waals surface area contributed by atoms with Gasteiger partial charge < -0.3 is 9.84 Å². The van der Waals surface area contributed by atoms with Crippen molar-refractivity contribution >= 4 is 5.97 Å². The highest BCUT2D eigenvalue weighted by atomic mass is 19.4. The Hall–Kier alpha value is -0.820. The normalized spacial score (nSPS) is 22.8. The Morgan fingerprint density at radius 1 is 1.38 bits per heavy atom. The summed E-state index contributed by atoms with van der Waals surface area (Å²) in [6.07, 6.45) is -5.51. The lowest BCUT2D eigenvalue weighted by atomic mass is 9.94. The second-order valence-corrected chi connectivity index (χ2v) is 3.94. The van der Waals surface area contributed by atoms with Gasteiger partial charge in [0.2, 0.25) is 0 Å². The third-order valence-corrected chi connectivity index (χ3v) is 2.82. The van der Waals surface area contributed by atoms with Crippen LogP contribution in [-0.4, -0.2) is 54.0 Å². The number of aliphatic carboxylic acids is 1. The summed E-state index contributed by atoms with van der Waals surface area (Å²) in [5, 5.41) is 8.59. The van der Waals surface area contributed by atoms with E-state index < -0.39 is 24.1 Å². The fourth-order valence-electron chi connectivity index (χ4n) is 1.74. The average Bonchev–Trinajstić information content (AvgIpc) is 2.16. The summed E-state index contributed by atoms with van der Waals surface area (Å²) in [5.74, 6) is -1.45. The van der Waals surface area contributed by atoms with Crippen LogP contribution in [0.3, 0.4) is 0 Å². The second-order valence-electron chi connectivity index (χ2n) is 3.94. The molecular weight excluding hydrogens is 227 g/mol. The van der Waals surface area contributed by atoms with E-state index in [9.17, 15) is 18.0 Å². The second kappa shape index (κ2) is 4.58. The van der Waals surface area contributed by atoms with Gasteiger partial charge in [0.15, 0.2) is 0 Å². The number of carbonyl (C=O) groups is 1. The number of ether oxygens (including phenoxy) is 1. The van der Waals surface area contributed by atoms with Crippen LogP contribution in [0.4, 0.5) is 13.2 Å². The maximum atomic E-state index is 12.9. The van der Waals surface area contributed by atoms with Crippen molar-refractivity contribution in [1.82, 2.24) is 4.90 Å². The van der Waals surface area contributed by atoms with Crippen LogP contribution < -0.4 is 0 Å². The van der Waals surface area contributed by atoms with Crippen molar-refractivity contribution in [2.75, 3.05) is 26.3 Å². The number of carboxylic acid groups (broad SMARTS) is 1. The third-order valence-electron chi connectivity index (χ3n) is 2.82. The Morgan fingerprint density at radius 2 is 1.88 bits per heavy atom. The van der Waals surface area contributed by atoms with Crippen molar-refractivity contribution in [3.63, 3.8) is 0 Å². The zero-order chi connectivity index (χ0) is 12.4. The first-order chi connectivity index (χ1) is 7.27. The lowest BCUT2D eigenvalue weighted by Crippen LogP contribution is -2.60. The summed E-state index contributed by atoms with van der Waals surface area (Å²) < 4.78 is 43.7. The molecule has 0 aromatic carbocycles. The fourth-order valence-corrected chi connectivity index (χ4v) is 1.74. The van der Waals surface area contributed by atoms with Crippen LogP contribution in [-0.2, 0) is 9.53 Å². The molecule has 1 rings (SSSR count). The van der Waals surface area contributed by atoms with E-state index >= 15 is 0 Å². The molecule has 1 N–H and O–H groups in total. The van der Waals surface area contributed by atoms with E-state index in [-0.39, 0.29) is 26.3 Å². The lowest BCUT2D eigenvalue weighted by Gasteiger charge is -2.43. The number of hydrogen-bond donors (Lipinski definition) is 1. The molecule has 0 spiro atoms. The van der Waals surface area contributed by atoms with E-state index in [1.807, 2.05) is 0 Å². The molecule has 94 valence electrons. The van der Waals surface area contributed by atoms with Crippen molar-refractivity contribution < 1.29 is 27.8 Å². The van der Waals surface area contributed by atoms with Gasteiger partial charge in [0.05, 0.1) is 19.6 Å². The highest BCUT2D eigenvalue weighted by Crippen LogP contribution is 2.38. The number of halogens is 3. The predicted octanol–water partition coefficient (Wildman–Crippen LogP) is 1.11. The maximum absolute atomic E-state index is 12.9.